The van der Waals surface area contributed by atoms with Crippen LogP contribution in [0.4, 0.5) is 0 Å². The summed E-state index contributed by atoms with van der Waals surface area (Å²) in [5, 5.41) is 0. The van der Waals surface area contributed by atoms with Gasteiger partial charge < -0.3 is 9.47 Å². The fourth-order valence-electron chi connectivity index (χ4n) is 1.33. The van der Waals surface area contributed by atoms with E-state index < -0.39 is 0 Å². The predicted molar refractivity (Wildman–Crippen MR) is 49.2 cm³/mol. The zero-order valence-electron chi connectivity index (χ0n) is 8.21. The van der Waals surface area contributed by atoms with Gasteiger partial charge in [0.2, 0.25) is 0 Å². The lowest BCUT2D eigenvalue weighted by Gasteiger charge is -2.11. The van der Waals surface area contributed by atoms with Gasteiger partial charge in [0.05, 0.1) is 13.2 Å². The molecule has 0 bridgehead atoms. The zero-order chi connectivity index (χ0) is 8.81. The molecule has 0 aromatic heterocycles. The summed E-state index contributed by atoms with van der Waals surface area (Å²) >= 11 is 0. The molecular formula is C10H20O2. The van der Waals surface area contributed by atoms with Crippen LogP contribution in [0.5, 0.6) is 0 Å². The summed E-state index contributed by atoms with van der Waals surface area (Å²) in [5.41, 5.74) is 0. The first-order valence-electron chi connectivity index (χ1n) is 5.06. The second-order valence-electron chi connectivity index (χ2n) is 3.50. The summed E-state index contributed by atoms with van der Waals surface area (Å²) in [7, 11) is 0. The lowest BCUT2D eigenvalue weighted by Crippen LogP contribution is -2.07. The van der Waals surface area contributed by atoms with Gasteiger partial charge >= 0.3 is 0 Å². The van der Waals surface area contributed by atoms with Gasteiger partial charge in [-0.1, -0.05) is 26.7 Å². The predicted octanol–water partition coefficient (Wildman–Crippen LogP) is 2.23. The van der Waals surface area contributed by atoms with Gasteiger partial charge in [-0.3, -0.25) is 0 Å². The molecule has 72 valence electrons. The Bertz CT molecular complexity index is 106. The van der Waals surface area contributed by atoms with Crippen molar-refractivity contribution in [3.8, 4) is 0 Å². The first-order chi connectivity index (χ1) is 5.86. The fourth-order valence-corrected chi connectivity index (χ4v) is 1.33. The molecule has 0 N–H and O–H groups in total. The van der Waals surface area contributed by atoms with Crippen molar-refractivity contribution < 1.29 is 9.47 Å². The van der Waals surface area contributed by atoms with Crippen molar-refractivity contribution in [2.75, 3.05) is 19.8 Å². The molecule has 1 unspecified atom stereocenters. The SMILES string of the molecule is CCC(CC)CCOCC1CO1. The van der Waals surface area contributed by atoms with Gasteiger partial charge in [-0.2, -0.15) is 0 Å². The lowest BCUT2D eigenvalue weighted by molar-refractivity contribution is 0.103. The average Bonchev–Trinajstić information content (AvgIpc) is 2.89. The molecule has 12 heavy (non-hydrogen) atoms. The summed E-state index contributed by atoms with van der Waals surface area (Å²) in [6, 6.07) is 0. The molecule has 1 heterocycles. The summed E-state index contributed by atoms with van der Waals surface area (Å²) < 4.78 is 10.5. The van der Waals surface area contributed by atoms with E-state index in [4.69, 9.17) is 9.47 Å². The molecule has 0 radical (unpaired) electrons. The van der Waals surface area contributed by atoms with E-state index in [9.17, 15) is 0 Å². The third-order valence-corrected chi connectivity index (χ3v) is 2.53. The Morgan fingerprint density at radius 2 is 2.08 bits per heavy atom. The number of rotatable bonds is 7. The van der Waals surface area contributed by atoms with E-state index >= 15 is 0 Å². The van der Waals surface area contributed by atoms with Crippen molar-refractivity contribution in [1.82, 2.24) is 0 Å². The molecule has 1 saturated heterocycles. The van der Waals surface area contributed by atoms with E-state index in [0.717, 1.165) is 25.7 Å². The van der Waals surface area contributed by atoms with Crippen LogP contribution in [-0.2, 0) is 9.47 Å². The molecule has 1 aliphatic rings. The molecular weight excluding hydrogens is 152 g/mol. The normalized spacial score (nSPS) is 21.8. The zero-order valence-corrected chi connectivity index (χ0v) is 8.21. The molecule has 0 aromatic carbocycles. The van der Waals surface area contributed by atoms with E-state index in [0.29, 0.717) is 6.10 Å². The van der Waals surface area contributed by atoms with Crippen LogP contribution in [0.15, 0.2) is 0 Å². The number of hydrogen-bond donors (Lipinski definition) is 0. The van der Waals surface area contributed by atoms with E-state index in [1.54, 1.807) is 0 Å². The monoisotopic (exact) mass is 172 g/mol. The topological polar surface area (TPSA) is 21.8 Å². The van der Waals surface area contributed by atoms with Gasteiger partial charge in [0.1, 0.15) is 6.10 Å². The molecule has 1 atom stereocenters. The summed E-state index contributed by atoms with van der Waals surface area (Å²) in [6.45, 7) is 7.12. The molecule has 0 amide bonds. The maximum Gasteiger partial charge on any atom is 0.104 e. The Balaban J connectivity index is 1.85. The van der Waals surface area contributed by atoms with Crippen molar-refractivity contribution >= 4 is 0 Å². The molecule has 1 fully saturated rings. The first-order valence-corrected chi connectivity index (χ1v) is 5.06. The molecule has 0 saturated carbocycles. The highest BCUT2D eigenvalue weighted by Crippen LogP contribution is 2.13. The Hall–Kier alpha value is -0.0800. The quantitative estimate of drug-likeness (QED) is 0.434. The highest BCUT2D eigenvalue weighted by molar-refractivity contribution is 4.67. The van der Waals surface area contributed by atoms with Gasteiger partial charge in [-0.15, -0.1) is 0 Å². The van der Waals surface area contributed by atoms with Crippen LogP contribution in [0.2, 0.25) is 0 Å². The van der Waals surface area contributed by atoms with Crippen LogP contribution in [-0.4, -0.2) is 25.9 Å². The standard InChI is InChI=1S/C10H20O2/c1-3-9(4-2)5-6-11-7-10-8-12-10/h9-10H,3-8H2,1-2H3. The van der Waals surface area contributed by atoms with E-state index in [2.05, 4.69) is 13.8 Å². The van der Waals surface area contributed by atoms with Gasteiger partial charge in [-0.05, 0) is 12.3 Å². The molecule has 2 heteroatoms. The second kappa shape index (κ2) is 5.55. The Kier molecular flexibility index (Phi) is 4.62. The molecule has 1 aliphatic heterocycles. The Labute approximate surface area is 75.2 Å². The summed E-state index contributed by atoms with van der Waals surface area (Å²) in [6.07, 6.45) is 4.19. The van der Waals surface area contributed by atoms with Crippen LogP contribution < -0.4 is 0 Å². The van der Waals surface area contributed by atoms with Gasteiger partial charge in [0.15, 0.2) is 0 Å². The van der Waals surface area contributed by atoms with E-state index in [1.807, 2.05) is 0 Å². The highest BCUT2D eigenvalue weighted by atomic mass is 16.6. The Morgan fingerprint density at radius 1 is 1.42 bits per heavy atom. The van der Waals surface area contributed by atoms with Crippen LogP contribution in [0, 0.1) is 5.92 Å². The van der Waals surface area contributed by atoms with Gasteiger partial charge in [0, 0.05) is 6.61 Å². The molecule has 0 spiro atoms. The van der Waals surface area contributed by atoms with Crippen molar-refractivity contribution in [2.24, 2.45) is 5.92 Å². The van der Waals surface area contributed by atoms with Crippen LogP contribution in [0.1, 0.15) is 33.1 Å². The number of hydrogen-bond acceptors (Lipinski definition) is 2. The molecule has 1 rings (SSSR count). The summed E-state index contributed by atoms with van der Waals surface area (Å²) in [4.78, 5) is 0. The van der Waals surface area contributed by atoms with Crippen LogP contribution in [0.25, 0.3) is 0 Å². The maximum absolute atomic E-state index is 5.47. The minimum atomic E-state index is 0.423. The van der Waals surface area contributed by atoms with Crippen molar-refractivity contribution in [2.45, 2.75) is 39.2 Å². The second-order valence-corrected chi connectivity index (χ2v) is 3.50. The molecule has 0 aliphatic carbocycles. The third kappa shape index (κ3) is 4.07. The largest absolute Gasteiger partial charge is 0.379 e. The summed E-state index contributed by atoms with van der Waals surface area (Å²) in [5.74, 6) is 0.852. The molecule has 2 nitrogen and oxygen atoms in total. The minimum Gasteiger partial charge on any atom is -0.379 e. The number of ether oxygens (including phenoxy) is 2. The fraction of sp³-hybridized carbons (Fsp3) is 1.00. The van der Waals surface area contributed by atoms with E-state index in [1.165, 1.54) is 19.3 Å². The van der Waals surface area contributed by atoms with Crippen LogP contribution >= 0.6 is 0 Å². The third-order valence-electron chi connectivity index (χ3n) is 2.53. The van der Waals surface area contributed by atoms with Gasteiger partial charge in [-0.25, -0.2) is 0 Å². The van der Waals surface area contributed by atoms with Crippen LogP contribution in [0.3, 0.4) is 0 Å². The molecule has 0 aromatic rings. The highest BCUT2D eigenvalue weighted by Gasteiger charge is 2.22. The van der Waals surface area contributed by atoms with Crippen molar-refractivity contribution in [3.05, 3.63) is 0 Å². The lowest BCUT2D eigenvalue weighted by atomic mass is 10.0. The maximum atomic E-state index is 5.47. The average molecular weight is 172 g/mol. The van der Waals surface area contributed by atoms with Gasteiger partial charge in [0.25, 0.3) is 0 Å². The van der Waals surface area contributed by atoms with E-state index in [-0.39, 0.29) is 0 Å². The minimum absolute atomic E-state index is 0.423. The number of epoxide rings is 1. The van der Waals surface area contributed by atoms with Crippen molar-refractivity contribution in [1.29, 1.82) is 0 Å². The Morgan fingerprint density at radius 3 is 2.58 bits per heavy atom. The smallest absolute Gasteiger partial charge is 0.104 e. The first kappa shape index (κ1) is 10.0. The van der Waals surface area contributed by atoms with Crippen molar-refractivity contribution in [3.63, 3.8) is 0 Å².